The van der Waals surface area contributed by atoms with Crippen LogP contribution in [0, 0.1) is 12.8 Å². The lowest BCUT2D eigenvalue weighted by molar-refractivity contribution is 0.0188. The van der Waals surface area contributed by atoms with E-state index in [4.69, 9.17) is 19.6 Å². The maximum atomic E-state index is 12.4. The second kappa shape index (κ2) is 9.48. The Kier molecular flexibility index (Phi) is 6.36. The van der Waals surface area contributed by atoms with Crippen molar-refractivity contribution in [1.29, 1.82) is 0 Å². The molecule has 0 spiro atoms. The number of nitrogens with zero attached hydrogens (tertiary/aromatic N) is 6. The van der Waals surface area contributed by atoms with Gasteiger partial charge in [-0.25, -0.2) is 14.3 Å². The molecule has 0 atom stereocenters. The van der Waals surface area contributed by atoms with Gasteiger partial charge in [-0.2, -0.15) is 0 Å². The average molecular weight is 494 g/mol. The summed E-state index contributed by atoms with van der Waals surface area (Å²) in [5.74, 6) is 1.96. The molecule has 10 heteroatoms. The van der Waals surface area contributed by atoms with E-state index in [1.165, 1.54) is 0 Å². The van der Waals surface area contributed by atoms with E-state index in [-0.39, 0.29) is 6.09 Å². The van der Waals surface area contributed by atoms with Crippen LogP contribution in [0.2, 0.25) is 0 Å². The molecule has 10 nitrogen and oxygen atoms in total. The summed E-state index contributed by atoms with van der Waals surface area (Å²) in [5.41, 5.74) is 4.00. The molecule has 5 rings (SSSR count). The van der Waals surface area contributed by atoms with Gasteiger partial charge in [0, 0.05) is 44.6 Å². The lowest BCUT2D eigenvalue weighted by Gasteiger charge is -2.34. The third-order valence-electron chi connectivity index (χ3n) is 6.70. The zero-order valence-electron chi connectivity index (χ0n) is 21.7. The third-order valence-corrected chi connectivity index (χ3v) is 6.70. The molecular weight excluding hydrogens is 458 g/mol. The van der Waals surface area contributed by atoms with Crippen LogP contribution in [0.15, 0.2) is 24.5 Å². The molecule has 0 aromatic carbocycles. The standard InChI is InChI=1S/C26H35N7O3/c1-17-20(19-6-10-27-11-7-19)33-24(29-17)22-21(31(5)14-15-35-22)23(30-33)28-16-18-8-12-32(13-9-18)25(34)36-26(2,3)4/h6-7,10-11,18H,8-9,12-16H2,1-5H3,(H,28,30). The molecule has 36 heavy (non-hydrogen) atoms. The number of fused-ring (bicyclic) bond motifs is 3. The monoisotopic (exact) mass is 493 g/mol. The maximum absolute atomic E-state index is 12.4. The Labute approximate surface area is 211 Å². The van der Waals surface area contributed by atoms with E-state index >= 15 is 0 Å². The molecule has 192 valence electrons. The van der Waals surface area contributed by atoms with Crippen molar-refractivity contribution in [3.05, 3.63) is 30.2 Å². The Balaban J connectivity index is 1.38. The Bertz CT molecular complexity index is 1240. The molecule has 1 N–H and O–H groups in total. The van der Waals surface area contributed by atoms with Gasteiger partial charge in [-0.3, -0.25) is 4.98 Å². The summed E-state index contributed by atoms with van der Waals surface area (Å²) < 4.78 is 13.6. The van der Waals surface area contributed by atoms with Gasteiger partial charge in [0.2, 0.25) is 0 Å². The zero-order chi connectivity index (χ0) is 25.4. The molecule has 2 aliphatic rings. The average Bonchev–Trinajstić information content (AvgIpc) is 3.18. The number of hydrogen-bond acceptors (Lipinski definition) is 8. The summed E-state index contributed by atoms with van der Waals surface area (Å²) in [6.45, 7) is 11.2. The van der Waals surface area contributed by atoms with E-state index in [9.17, 15) is 4.79 Å². The van der Waals surface area contributed by atoms with Gasteiger partial charge in [-0.15, -0.1) is 5.10 Å². The first-order valence-electron chi connectivity index (χ1n) is 12.6. The van der Waals surface area contributed by atoms with Crippen molar-refractivity contribution in [3.63, 3.8) is 0 Å². The smallest absolute Gasteiger partial charge is 0.410 e. The first kappa shape index (κ1) is 24.1. The number of carbonyl (C=O) groups excluding carboxylic acids is 1. The highest BCUT2D eigenvalue weighted by atomic mass is 16.6. The quantitative estimate of drug-likeness (QED) is 0.583. The fourth-order valence-corrected chi connectivity index (χ4v) is 4.85. The molecule has 1 saturated heterocycles. The second-order valence-electron chi connectivity index (χ2n) is 10.6. The minimum Gasteiger partial charge on any atom is -0.486 e. The fraction of sp³-hybridized carbons (Fsp3) is 0.538. The number of hydrogen-bond donors (Lipinski definition) is 1. The topological polar surface area (TPSA) is 97.1 Å². The minimum atomic E-state index is -0.478. The summed E-state index contributed by atoms with van der Waals surface area (Å²) in [5, 5.41) is 8.63. The number of likely N-dealkylation sites (tertiary alicyclic amines) is 1. The zero-order valence-corrected chi connectivity index (χ0v) is 21.7. The van der Waals surface area contributed by atoms with Crippen molar-refractivity contribution in [3.8, 4) is 17.0 Å². The number of ether oxygens (including phenoxy) is 2. The molecule has 2 aliphatic heterocycles. The van der Waals surface area contributed by atoms with E-state index < -0.39 is 5.60 Å². The highest BCUT2D eigenvalue weighted by Gasteiger charge is 2.30. The number of piperidine rings is 1. The van der Waals surface area contributed by atoms with Gasteiger partial charge < -0.3 is 24.6 Å². The van der Waals surface area contributed by atoms with Gasteiger partial charge in [-0.1, -0.05) is 0 Å². The highest BCUT2D eigenvalue weighted by molar-refractivity contribution is 5.83. The predicted octanol–water partition coefficient (Wildman–Crippen LogP) is 3.99. The Morgan fingerprint density at radius 1 is 1.19 bits per heavy atom. The Hall–Kier alpha value is -3.56. The maximum Gasteiger partial charge on any atom is 0.410 e. The van der Waals surface area contributed by atoms with Gasteiger partial charge in [0.05, 0.1) is 17.9 Å². The Morgan fingerprint density at radius 2 is 1.92 bits per heavy atom. The molecule has 0 aliphatic carbocycles. The molecule has 3 aromatic rings. The number of likely N-dealkylation sites (N-methyl/N-ethyl adjacent to an activating group) is 1. The number of rotatable bonds is 4. The molecule has 0 saturated carbocycles. The minimum absolute atomic E-state index is 0.229. The number of pyridine rings is 1. The number of aromatic nitrogens is 4. The van der Waals surface area contributed by atoms with Crippen LogP contribution in [0.5, 0.6) is 5.75 Å². The van der Waals surface area contributed by atoms with Crippen molar-refractivity contribution in [1.82, 2.24) is 24.5 Å². The van der Waals surface area contributed by atoms with Gasteiger partial charge in [0.15, 0.2) is 17.2 Å². The normalized spacial score (nSPS) is 16.6. The van der Waals surface area contributed by atoms with Gasteiger partial charge in [0.25, 0.3) is 0 Å². The van der Waals surface area contributed by atoms with Gasteiger partial charge >= 0.3 is 6.09 Å². The van der Waals surface area contributed by atoms with Crippen LogP contribution in [-0.2, 0) is 4.74 Å². The number of anilines is 2. The first-order chi connectivity index (χ1) is 17.2. The van der Waals surface area contributed by atoms with E-state index in [2.05, 4.69) is 22.2 Å². The third kappa shape index (κ3) is 4.76. The van der Waals surface area contributed by atoms with Crippen LogP contribution in [-0.4, -0.2) is 76.0 Å². The molecule has 0 radical (unpaired) electrons. The number of carbonyl (C=O) groups is 1. The fourth-order valence-electron chi connectivity index (χ4n) is 4.85. The molecule has 0 unspecified atom stereocenters. The number of nitrogens with one attached hydrogen (secondary N) is 1. The van der Waals surface area contributed by atoms with Crippen molar-refractivity contribution < 1.29 is 14.3 Å². The van der Waals surface area contributed by atoms with E-state index in [0.29, 0.717) is 25.6 Å². The molecule has 1 fully saturated rings. The molecular formula is C26H35N7O3. The van der Waals surface area contributed by atoms with Crippen LogP contribution in [0.1, 0.15) is 39.3 Å². The summed E-state index contributed by atoms with van der Waals surface area (Å²) in [4.78, 5) is 25.4. The summed E-state index contributed by atoms with van der Waals surface area (Å²) >= 11 is 0. The predicted molar refractivity (Wildman–Crippen MR) is 139 cm³/mol. The van der Waals surface area contributed by atoms with Crippen molar-refractivity contribution in [2.24, 2.45) is 5.92 Å². The molecule has 5 heterocycles. The lowest BCUT2D eigenvalue weighted by atomic mass is 9.97. The SMILES string of the molecule is Cc1nc2c3c(c(NCC4CCN(C(=O)OC(C)(C)C)CC4)nn2c1-c1ccncc1)N(C)CCO3. The van der Waals surface area contributed by atoms with Crippen molar-refractivity contribution in [2.45, 2.75) is 46.1 Å². The molecule has 1 amide bonds. The van der Waals surface area contributed by atoms with Crippen LogP contribution >= 0.6 is 0 Å². The van der Waals surface area contributed by atoms with Crippen LogP contribution in [0.4, 0.5) is 16.3 Å². The summed E-state index contributed by atoms with van der Waals surface area (Å²) in [6.07, 6.45) is 5.15. The molecule has 3 aromatic heterocycles. The highest BCUT2D eigenvalue weighted by Crippen LogP contribution is 2.41. The van der Waals surface area contributed by atoms with Gasteiger partial charge in [0.1, 0.15) is 17.9 Å². The van der Waals surface area contributed by atoms with Crippen LogP contribution in [0.25, 0.3) is 16.9 Å². The van der Waals surface area contributed by atoms with Crippen LogP contribution < -0.4 is 15.0 Å². The lowest BCUT2D eigenvalue weighted by Crippen LogP contribution is -2.42. The first-order valence-corrected chi connectivity index (χ1v) is 12.6. The van der Waals surface area contributed by atoms with Crippen LogP contribution in [0.3, 0.4) is 0 Å². The number of amides is 1. The van der Waals surface area contributed by atoms with Gasteiger partial charge in [-0.05, 0) is 58.6 Å². The Morgan fingerprint density at radius 3 is 2.61 bits per heavy atom. The number of imidazole rings is 1. The summed E-state index contributed by atoms with van der Waals surface area (Å²) in [7, 11) is 2.06. The van der Waals surface area contributed by atoms with Crippen molar-refractivity contribution in [2.75, 3.05) is 50.1 Å². The molecule has 0 bridgehead atoms. The van der Waals surface area contributed by atoms with Crippen molar-refractivity contribution >= 4 is 23.2 Å². The summed E-state index contributed by atoms with van der Waals surface area (Å²) in [6, 6.07) is 3.94. The number of aryl methyl sites for hydroxylation is 1. The second-order valence-corrected chi connectivity index (χ2v) is 10.6. The largest absolute Gasteiger partial charge is 0.486 e. The van der Waals surface area contributed by atoms with E-state index in [0.717, 1.165) is 65.8 Å². The van der Waals surface area contributed by atoms with E-state index in [1.807, 2.05) is 49.2 Å². The van der Waals surface area contributed by atoms with E-state index in [1.54, 1.807) is 12.4 Å².